The number of nitrogens with one attached hydrogen (secondary N) is 14. The molecule has 688 valence electrons. The van der Waals surface area contributed by atoms with Gasteiger partial charge in [0.15, 0.2) is 12.0 Å². The summed E-state index contributed by atoms with van der Waals surface area (Å²) in [5.74, 6) is -21.1. The molecule has 3 aromatic rings. The lowest BCUT2D eigenvalue weighted by molar-refractivity contribution is -0.149. The van der Waals surface area contributed by atoms with E-state index in [1.807, 2.05) is 24.3 Å². The highest BCUT2D eigenvalue weighted by molar-refractivity contribution is 7.80. The number of aromatic nitrogens is 1. The molecule has 3 saturated heterocycles. The number of nitrogens with zero attached hydrogens (tertiary/aromatic N) is 3. The van der Waals surface area contributed by atoms with Crippen molar-refractivity contribution in [3.05, 3.63) is 71.9 Å². The molecule has 3 aliphatic rings. The number of carboxylic acids is 4. The number of aliphatic carboxylic acids is 4. The normalized spacial score (nSPS) is 18.0. The number of benzene rings is 2. The van der Waals surface area contributed by atoms with E-state index in [0.29, 0.717) is 24.8 Å². The zero-order valence-electron chi connectivity index (χ0n) is 70.6. The molecule has 2 aromatic carbocycles. The van der Waals surface area contributed by atoms with Gasteiger partial charge in [0.1, 0.15) is 72.5 Å². The average molecular weight is 1770 g/mol. The van der Waals surface area contributed by atoms with Crippen LogP contribution in [0.2, 0.25) is 0 Å². The van der Waals surface area contributed by atoms with Gasteiger partial charge in [-0.05, 0) is 132 Å². The van der Waals surface area contributed by atoms with Crippen molar-refractivity contribution < 1.29 is 112 Å². The summed E-state index contributed by atoms with van der Waals surface area (Å²) in [5.41, 5.74) is 19.7. The van der Waals surface area contributed by atoms with Crippen molar-refractivity contribution in [2.45, 2.75) is 247 Å². The molecule has 14 amide bonds. The predicted octanol–water partition coefficient (Wildman–Crippen LogP) is -4.09. The minimum absolute atomic E-state index is 0.000733. The van der Waals surface area contributed by atoms with Crippen LogP contribution in [0.5, 0.6) is 0 Å². The second-order valence-corrected chi connectivity index (χ2v) is 32.1. The van der Waals surface area contributed by atoms with Crippen LogP contribution in [0.15, 0.2) is 60.8 Å². The Morgan fingerprint density at radius 2 is 1.03 bits per heavy atom. The van der Waals surface area contributed by atoms with Gasteiger partial charge in [0.05, 0.1) is 25.1 Å². The highest BCUT2D eigenvalue weighted by atomic mass is 32.1. The molecule has 25 N–H and O–H groups in total. The van der Waals surface area contributed by atoms with Crippen molar-refractivity contribution in [3.63, 3.8) is 0 Å². The number of fused-ring (bicyclic) bond motifs is 1. The maximum absolute atomic E-state index is 14.9. The summed E-state index contributed by atoms with van der Waals surface area (Å²) in [6, 6.07) is -5.39. The van der Waals surface area contributed by atoms with E-state index in [1.165, 1.54) is 9.80 Å². The van der Waals surface area contributed by atoms with Gasteiger partial charge in [-0.1, -0.05) is 82.6 Å². The maximum Gasteiger partial charge on any atom is 0.328 e. The summed E-state index contributed by atoms with van der Waals surface area (Å²) in [6.45, 7) is 7.00. The van der Waals surface area contributed by atoms with Crippen molar-refractivity contribution >= 4 is 136 Å². The average Bonchev–Trinajstić information content (AvgIpc) is 1.67. The van der Waals surface area contributed by atoms with Crippen LogP contribution in [0.4, 0.5) is 0 Å². The summed E-state index contributed by atoms with van der Waals surface area (Å²) in [4.78, 5) is 255. The van der Waals surface area contributed by atoms with Crippen LogP contribution in [0.1, 0.15) is 155 Å². The summed E-state index contributed by atoms with van der Waals surface area (Å²) < 4.78 is 0. The van der Waals surface area contributed by atoms with E-state index in [9.17, 15) is 112 Å². The first kappa shape index (κ1) is 102. The number of nitrogens with two attached hydrogens (primary N) is 3. The van der Waals surface area contributed by atoms with Crippen molar-refractivity contribution in [2.24, 2.45) is 29.0 Å². The number of likely N-dealkylation sites (tertiary alicyclic amines) is 3. The Morgan fingerprint density at radius 1 is 0.520 bits per heavy atom. The summed E-state index contributed by atoms with van der Waals surface area (Å²) in [6.07, 6.45) is -1.97. The van der Waals surface area contributed by atoms with Gasteiger partial charge < -0.3 is 126 Å². The van der Waals surface area contributed by atoms with Gasteiger partial charge in [-0.25, -0.2) is 4.79 Å². The quantitative estimate of drug-likeness (QED) is 0.0111. The molecule has 16 atom stereocenters. The first-order valence-electron chi connectivity index (χ1n) is 41.8. The lowest BCUT2D eigenvalue weighted by Gasteiger charge is -2.35. The van der Waals surface area contributed by atoms with E-state index >= 15 is 0 Å². The number of thiol groups is 1. The number of hydrogen-bond donors (Lipinski definition) is 23. The Labute approximate surface area is 726 Å². The molecule has 4 heterocycles. The van der Waals surface area contributed by atoms with Crippen LogP contribution >= 0.6 is 12.6 Å². The van der Waals surface area contributed by atoms with Crippen molar-refractivity contribution in [1.29, 1.82) is 5.41 Å². The Kier molecular flexibility index (Phi) is 40.7. The second kappa shape index (κ2) is 50.0. The molecule has 43 nitrogen and oxygen atoms in total. The van der Waals surface area contributed by atoms with Crippen LogP contribution in [-0.2, 0) is 99.1 Å². The topological polar surface area (TPSA) is 680 Å². The first-order chi connectivity index (χ1) is 59.3. The number of rotatable bonds is 51. The van der Waals surface area contributed by atoms with Crippen LogP contribution in [-0.4, -0.2) is 293 Å². The van der Waals surface area contributed by atoms with Gasteiger partial charge in [0.25, 0.3) is 0 Å². The molecule has 0 bridgehead atoms. The fourth-order valence-corrected chi connectivity index (χ4v) is 15.1. The summed E-state index contributed by atoms with van der Waals surface area (Å²) in [7, 11) is 0. The van der Waals surface area contributed by atoms with Crippen molar-refractivity contribution in [1.82, 2.24) is 83.5 Å². The standard InChI is InChI=1S/C81H120N20O23S/c1-6-43(4)65(76(119)98-66(44(5)102)80(123)124)96-60(103)40-88-68(111)56(41-125)95-72(115)54(36-45-18-8-7-9-19-45)93-70(113)51(23-14-32-86-81(84)85)90-71(114)52(27-29-61(104)105)91-73(116)55(38-63(108)109)94-74(117)57-24-16-34-100(57)78(121)59-26-17-35-101(59)79(122)64(42(2)3)97-75(118)58-25-15-33-99(58)77(120)53(28-30-62(106)107)92-69(112)50(22-12-13-31-82)89-67(110)48(83)37-46-39-87-49-21-11-10-20-47(46)49/h7-11,18-21,39,42-44,48,50-59,64-66,87,102,125H,6,12-17,22-38,40-41,82-83H2,1-5H3,(H,88,111)(H,89,110)(H,90,114)(H,91,116)(H,92,112)(H,93,113)(H,94,117)(H,95,115)(H,96,103)(H,97,118)(H,98,119)(H,104,105)(H,106,107)(H,108,109)(H,123,124)(H4,84,85,86)/t43-,44+,48-,50-,51-,52-,53-,54-,55-,56-,57-,58-,59-,64-,65-,66-/m0/s1. The largest absolute Gasteiger partial charge is 0.481 e. The number of aromatic amines is 1. The minimum Gasteiger partial charge on any atom is -0.481 e. The molecule has 125 heavy (non-hydrogen) atoms. The van der Waals surface area contributed by atoms with E-state index < -0.39 is 259 Å². The number of hydrogen-bond acceptors (Lipinski definition) is 23. The number of aliphatic hydroxyl groups excluding tert-OH is 1. The van der Waals surface area contributed by atoms with Crippen LogP contribution in [0.25, 0.3) is 10.9 Å². The second-order valence-electron chi connectivity index (χ2n) is 31.7. The maximum atomic E-state index is 14.9. The molecular weight excluding hydrogens is 1650 g/mol. The van der Waals surface area contributed by atoms with Gasteiger partial charge in [-0.2, -0.15) is 12.6 Å². The molecule has 0 spiro atoms. The van der Waals surface area contributed by atoms with Gasteiger partial charge in [0.2, 0.25) is 82.7 Å². The fraction of sp³-hybridized carbons (Fsp3) is 0.593. The summed E-state index contributed by atoms with van der Waals surface area (Å²) >= 11 is 4.23. The fourth-order valence-electron chi connectivity index (χ4n) is 14.9. The lowest BCUT2D eigenvalue weighted by atomic mass is 9.97. The number of aliphatic hydroxyl groups is 1. The molecular formula is C81H120N20O23S. The summed E-state index contributed by atoms with van der Waals surface area (Å²) in [5, 5.41) is 87.5. The van der Waals surface area contributed by atoms with E-state index in [0.717, 1.165) is 28.3 Å². The number of para-hydroxylation sites is 1. The number of carboxylic acid groups (broad SMARTS) is 4. The molecule has 0 saturated carbocycles. The predicted molar refractivity (Wildman–Crippen MR) is 452 cm³/mol. The van der Waals surface area contributed by atoms with E-state index in [4.69, 9.17) is 22.6 Å². The van der Waals surface area contributed by atoms with Crippen molar-refractivity contribution in [2.75, 3.05) is 45.0 Å². The van der Waals surface area contributed by atoms with E-state index in [1.54, 1.807) is 64.2 Å². The Bertz CT molecular complexity index is 4330. The number of amides is 14. The smallest absolute Gasteiger partial charge is 0.328 e. The third-order valence-electron chi connectivity index (χ3n) is 21.9. The lowest BCUT2D eigenvalue weighted by Crippen LogP contribution is -2.61. The molecule has 3 aliphatic heterocycles. The molecule has 1 aromatic heterocycles. The Morgan fingerprint density at radius 3 is 1.60 bits per heavy atom. The van der Waals surface area contributed by atoms with Crippen LogP contribution < -0.4 is 81.0 Å². The molecule has 0 aliphatic carbocycles. The van der Waals surface area contributed by atoms with Gasteiger partial charge in [-0.3, -0.25) is 86.9 Å². The zero-order valence-corrected chi connectivity index (χ0v) is 71.5. The Hall–Kier alpha value is -12.1. The Balaban J connectivity index is 1.14. The molecule has 44 heteroatoms. The van der Waals surface area contributed by atoms with E-state index in [2.05, 4.69) is 81.4 Å². The highest BCUT2D eigenvalue weighted by Gasteiger charge is 2.47. The number of unbranched alkanes of at least 4 members (excludes halogenated alkanes) is 1. The highest BCUT2D eigenvalue weighted by Crippen LogP contribution is 2.29. The third kappa shape index (κ3) is 31.0. The number of carbonyl (C=O) groups is 18. The third-order valence-corrected chi connectivity index (χ3v) is 22.3. The number of guanidine groups is 1. The molecule has 0 radical (unpaired) electrons. The molecule has 0 unspecified atom stereocenters. The van der Waals surface area contributed by atoms with Gasteiger partial charge in [0, 0.05) is 68.3 Å². The van der Waals surface area contributed by atoms with Gasteiger partial charge in [-0.15, -0.1) is 0 Å². The van der Waals surface area contributed by atoms with Crippen LogP contribution in [0, 0.1) is 17.2 Å². The number of carbonyl (C=O) groups excluding carboxylic acids is 14. The monoisotopic (exact) mass is 1770 g/mol. The zero-order chi connectivity index (χ0) is 92.5. The van der Waals surface area contributed by atoms with E-state index in [-0.39, 0.29) is 103 Å². The SMILES string of the molecule is CC[C@H](C)[C@H](NC(=O)CNC(=O)[C@H](CS)NC(=O)[C@H](Cc1ccccc1)NC(=O)[C@H](CCCNC(=N)N)NC(=O)[C@H](CCC(=O)O)NC(=O)[C@H](CC(=O)O)NC(=O)[C@@H]1CCCN1C(=O)[C@@H]1CCCN1C(=O)[C@@H](NC(=O)[C@@H]1CCCN1C(=O)[C@H](CCC(=O)O)NC(=O)[C@H](CCCCN)NC(=O)[C@@H](N)Cc1c[nH]c2ccccc12)C(C)C)C(=O)N[C@H](C(=O)O)[C@@H](C)O. The first-order valence-corrected chi connectivity index (χ1v) is 42.4. The van der Waals surface area contributed by atoms with Crippen molar-refractivity contribution in [3.8, 4) is 0 Å². The van der Waals surface area contributed by atoms with Crippen LogP contribution in [0.3, 0.4) is 0 Å². The molecule has 6 rings (SSSR count). The number of H-pyrrole nitrogens is 1. The molecule has 3 fully saturated rings. The van der Waals surface area contributed by atoms with Gasteiger partial charge >= 0.3 is 23.9 Å². The minimum atomic E-state index is -2.04.